The molecule has 2 heterocycles. The van der Waals surface area contributed by atoms with Crippen LogP contribution in [0, 0.1) is 5.92 Å². The summed E-state index contributed by atoms with van der Waals surface area (Å²) >= 11 is 0. The summed E-state index contributed by atoms with van der Waals surface area (Å²) in [5.74, 6) is 0.765. The third-order valence-corrected chi connectivity index (χ3v) is 5.64. The van der Waals surface area contributed by atoms with Crippen molar-refractivity contribution < 1.29 is 9.53 Å². The molecular formula is C22H36N4O2. The Hall–Kier alpha value is -1.63. The van der Waals surface area contributed by atoms with Gasteiger partial charge >= 0.3 is 6.03 Å². The Balaban J connectivity index is 1.35. The van der Waals surface area contributed by atoms with Crippen molar-refractivity contribution in [2.75, 3.05) is 45.9 Å². The van der Waals surface area contributed by atoms with E-state index in [1.54, 1.807) is 0 Å². The quantitative estimate of drug-likeness (QED) is 0.753. The Kier molecular flexibility index (Phi) is 8.13. The number of ether oxygens (including phenoxy) is 1. The molecule has 2 N–H and O–H groups in total. The zero-order chi connectivity index (χ0) is 19.8. The molecule has 6 nitrogen and oxygen atoms in total. The molecular weight excluding hydrogens is 352 g/mol. The van der Waals surface area contributed by atoms with Crippen molar-refractivity contribution in [3.8, 4) is 0 Å². The summed E-state index contributed by atoms with van der Waals surface area (Å²) in [4.78, 5) is 17.1. The van der Waals surface area contributed by atoms with Gasteiger partial charge in [0.2, 0.25) is 0 Å². The first-order valence-electron chi connectivity index (χ1n) is 10.7. The minimum atomic E-state index is -0.0880. The zero-order valence-corrected chi connectivity index (χ0v) is 17.5. The van der Waals surface area contributed by atoms with E-state index in [4.69, 9.17) is 4.74 Å². The van der Waals surface area contributed by atoms with Crippen LogP contribution in [0.15, 0.2) is 24.3 Å². The van der Waals surface area contributed by atoms with Crippen LogP contribution in [0.1, 0.15) is 37.8 Å². The van der Waals surface area contributed by atoms with Gasteiger partial charge in [-0.25, -0.2) is 4.79 Å². The number of nitrogens with one attached hydrogen (secondary N) is 2. The average molecular weight is 389 g/mol. The Morgan fingerprint density at radius 3 is 2.57 bits per heavy atom. The molecule has 2 saturated heterocycles. The van der Waals surface area contributed by atoms with Crippen LogP contribution in [-0.2, 0) is 17.8 Å². The number of nitrogens with zero attached hydrogens (tertiary/aromatic N) is 2. The fraction of sp³-hybridized carbons (Fsp3) is 0.682. The van der Waals surface area contributed by atoms with E-state index in [9.17, 15) is 4.79 Å². The number of hydrogen-bond donors (Lipinski definition) is 2. The summed E-state index contributed by atoms with van der Waals surface area (Å²) in [7, 11) is 0. The third-order valence-electron chi connectivity index (χ3n) is 5.64. The van der Waals surface area contributed by atoms with Gasteiger partial charge in [0.1, 0.15) is 0 Å². The van der Waals surface area contributed by atoms with Crippen molar-refractivity contribution >= 4 is 6.03 Å². The first kappa shape index (κ1) is 21.1. The highest BCUT2D eigenvalue weighted by Crippen LogP contribution is 2.15. The molecule has 2 fully saturated rings. The van der Waals surface area contributed by atoms with Crippen LogP contribution in [0.5, 0.6) is 0 Å². The number of benzene rings is 1. The summed E-state index contributed by atoms with van der Waals surface area (Å²) < 4.78 is 5.39. The van der Waals surface area contributed by atoms with Gasteiger partial charge in [-0.05, 0) is 43.4 Å². The van der Waals surface area contributed by atoms with Crippen molar-refractivity contribution in [2.24, 2.45) is 5.92 Å². The maximum atomic E-state index is 12.2. The molecule has 2 unspecified atom stereocenters. The Morgan fingerprint density at radius 2 is 1.86 bits per heavy atom. The van der Waals surface area contributed by atoms with Crippen LogP contribution in [0.4, 0.5) is 4.79 Å². The van der Waals surface area contributed by atoms with Crippen molar-refractivity contribution in [1.29, 1.82) is 0 Å². The standard InChI is InChI=1S/C22H36N4O2/c1-18-4-3-9-26(15-18)16-19(2)24-22(27)23-14-20-5-7-21(8-6-20)17-25-10-12-28-13-11-25/h5-8,18-19H,3-4,9-17H2,1-2H3,(H2,23,24,27). The molecule has 156 valence electrons. The first-order chi connectivity index (χ1) is 13.6. The summed E-state index contributed by atoms with van der Waals surface area (Å²) in [5, 5.41) is 6.05. The van der Waals surface area contributed by atoms with Gasteiger partial charge in [-0.3, -0.25) is 4.90 Å². The maximum Gasteiger partial charge on any atom is 0.315 e. The molecule has 0 radical (unpaired) electrons. The molecule has 28 heavy (non-hydrogen) atoms. The minimum Gasteiger partial charge on any atom is -0.379 e. The molecule has 2 amide bonds. The van der Waals surface area contributed by atoms with Gasteiger partial charge < -0.3 is 20.3 Å². The highest BCUT2D eigenvalue weighted by Gasteiger charge is 2.18. The van der Waals surface area contributed by atoms with Gasteiger partial charge in [-0.2, -0.15) is 0 Å². The molecule has 0 aliphatic carbocycles. The molecule has 2 atom stereocenters. The second kappa shape index (κ2) is 10.8. The van der Waals surface area contributed by atoms with E-state index in [-0.39, 0.29) is 12.1 Å². The van der Waals surface area contributed by atoms with Gasteiger partial charge in [0.15, 0.2) is 0 Å². The number of morpholine rings is 1. The Bertz CT molecular complexity index is 601. The lowest BCUT2D eigenvalue weighted by molar-refractivity contribution is 0.0342. The van der Waals surface area contributed by atoms with Gasteiger partial charge in [-0.15, -0.1) is 0 Å². The fourth-order valence-electron chi connectivity index (χ4n) is 4.12. The predicted molar refractivity (Wildman–Crippen MR) is 112 cm³/mol. The topological polar surface area (TPSA) is 56.8 Å². The normalized spacial score (nSPS) is 22.6. The fourth-order valence-corrected chi connectivity index (χ4v) is 4.12. The molecule has 2 aliphatic rings. The maximum absolute atomic E-state index is 12.2. The molecule has 6 heteroatoms. The molecule has 2 aliphatic heterocycles. The number of rotatable bonds is 7. The summed E-state index contributed by atoms with van der Waals surface area (Å²) in [6, 6.07) is 8.59. The largest absolute Gasteiger partial charge is 0.379 e. The summed E-state index contributed by atoms with van der Waals surface area (Å²) in [5.41, 5.74) is 2.43. The van der Waals surface area contributed by atoms with E-state index in [0.29, 0.717) is 6.54 Å². The van der Waals surface area contributed by atoms with E-state index in [2.05, 4.69) is 58.5 Å². The van der Waals surface area contributed by atoms with Crippen molar-refractivity contribution in [3.05, 3.63) is 35.4 Å². The lowest BCUT2D eigenvalue weighted by Crippen LogP contribution is -2.47. The lowest BCUT2D eigenvalue weighted by Gasteiger charge is -2.32. The molecule has 1 aromatic carbocycles. The molecule has 0 bridgehead atoms. The van der Waals surface area contributed by atoms with E-state index in [0.717, 1.165) is 64.0 Å². The highest BCUT2D eigenvalue weighted by molar-refractivity contribution is 5.74. The van der Waals surface area contributed by atoms with Crippen molar-refractivity contribution in [1.82, 2.24) is 20.4 Å². The first-order valence-corrected chi connectivity index (χ1v) is 10.7. The van der Waals surface area contributed by atoms with Crippen molar-refractivity contribution in [3.63, 3.8) is 0 Å². The second-order valence-electron chi connectivity index (χ2n) is 8.44. The summed E-state index contributed by atoms with van der Waals surface area (Å²) in [6.45, 7) is 12.8. The summed E-state index contributed by atoms with van der Waals surface area (Å²) in [6.07, 6.45) is 2.59. The predicted octanol–water partition coefficient (Wildman–Crippen LogP) is 2.44. The van der Waals surface area contributed by atoms with Gasteiger partial charge in [-0.1, -0.05) is 31.2 Å². The van der Waals surface area contributed by atoms with Crippen LogP contribution in [0.2, 0.25) is 0 Å². The van der Waals surface area contributed by atoms with Crippen LogP contribution in [0.3, 0.4) is 0 Å². The number of urea groups is 1. The van der Waals surface area contributed by atoms with Crippen LogP contribution >= 0.6 is 0 Å². The van der Waals surface area contributed by atoms with E-state index in [1.807, 2.05) is 0 Å². The number of carbonyl (C=O) groups is 1. The van der Waals surface area contributed by atoms with Crippen LogP contribution < -0.4 is 10.6 Å². The van der Waals surface area contributed by atoms with Crippen LogP contribution in [-0.4, -0.2) is 67.8 Å². The van der Waals surface area contributed by atoms with Gasteiger partial charge in [0.25, 0.3) is 0 Å². The zero-order valence-electron chi connectivity index (χ0n) is 17.5. The number of hydrogen-bond acceptors (Lipinski definition) is 4. The van der Waals surface area contributed by atoms with E-state index in [1.165, 1.54) is 18.4 Å². The number of piperidine rings is 1. The lowest BCUT2D eigenvalue weighted by atomic mass is 10.00. The molecule has 3 rings (SSSR count). The number of likely N-dealkylation sites (tertiary alicyclic amines) is 1. The van der Waals surface area contributed by atoms with Gasteiger partial charge in [0.05, 0.1) is 13.2 Å². The molecule has 0 saturated carbocycles. The highest BCUT2D eigenvalue weighted by atomic mass is 16.5. The third kappa shape index (κ3) is 7.08. The van der Waals surface area contributed by atoms with Crippen molar-refractivity contribution in [2.45, 2.75) is 45.8 Å². The van der Waals surface area contributed by atoms with E-state index >= 15 is 0 Å². The van der Waals surface area contributed by atoms with Gasteiger partial charge in [0, 0.05) is 45.3 Å². The monoisotopic (exact) mass is 388 g/mol. The Morgan fingerprint density at radius 1 is 1.14 bits per heavy atom. The smallest absolute Gasteiger partial charge is 0.315 e. The SMILES string of the molecule is CC1CCCN(CC(C)NC(=O)NCc2ccc(CN3CCOCC3)cc2)C1. The Labute approximate surface area is 169 Å². The molecule has 0 aromatic heterocycles. The minimum absolute atomic E-state index is 0.0880. The number of amides is 2. The second-order valence-corrected chi connectivity index (χ2v) is 8.44. The average Bonchev–Trinajstić information content (AvgIpc) is 2.68. The molecule has 1 aromatic rings. The number of carbonyl (C=O) groups excluding carboxylic acids is 1. The van der Waals surface area contributed by atoms with Crippen LogP contribution in [0.25, 0.3) is 0 Å². The molecule has 0 spiro atoms. The van der Waals surface area contributed by atoms with E-state index < -0.39 is 0 Å².